The quantitative estimate of drug-likeness (QED) is 0.328. The highest BCUT2D eigenvalue weighted by atomic mass is 35.5. The molecule has 2 heterocycles. The van der Waals surface area contributed by atoms with E-state index in [1.165, 1.54) is 0 Å². The molecule has 2 aromatic heterocycles. The molecule has 0 aliphatic heterocycles. The molecule has 0 atom stereocenters. The minimum absolute atomic E-state index is 0.202. The first kappa shape index (κ1) is 21.7. The van der Waals surface area contributed by atoms with Gasteiger partial charge in [0, 0.05) is 16.3 Å². The molecule has 0 aliphatic rings. The normalized spacial score (nSPS) is 11.1. The van der Waals surface area contributed by atoms with Crippen LogP contribution >= 0.6 is 11.6 Å². The predicted molar refractivity (Wildman–Crippen MR) is 132 cm³/mol. The molecule has 7 nitrogen and oxygen atoms in total. The molecule has 5 aromatic rings. The Kier molecular flexibility index (Phi) is 5.55. The molecule has 0 spiro atoms. The fourth-order valence-electron chi connectivity index (χ4n) is 3.58. The molecule has 0 fully saturated rings. The van der Waals surface area contributed by atoms with Crippen LogP contribution in [0.4, 0.5) is 5.69 Å². The standard InChI is InChI=1S/C26H21ClN4O3/c1-15-4-5-17(13-20(15)27)24-10-11-25(34-24)26(32)28-21-14-23-22(12-16(21)2)29-31(30-23)18-6-8-19(33-3)9-7-18/h4-14H,1-3H3,(H,28,32). The summed E-state index contributed by atoms with van der Waals surface area (Å²) in [5, 5.41) is 12.7. The number of amides is 1. The van der Waals surface area contributed by atoms with Crippen molar-refractivity contribution in [2.24, 2.45) is 0 Å². The SMILES string of the molecule is COc1ccc(-n2nc3cc(C)c(NC(=O)c4ccc(-c5ccc(C)c(Cl)c5)o4)cc3n2)cc1. The van der Waals surface area contributed by atoms with Gasteiger partial charge in [0.25, 0.3) is 5.91 Å². The number of hydrogen-bond acceptors (Lipinski definition) is 5. The molecule has 0 saturated heterocycles. The van der Waals surface area contributed by atoms with Gasteiger partial charge in [-0.3, -0.25) is 4.79 Å². The number of anilines is 1. The molecule has 3 aromatic carbocycles. The van der Waals surface area contributed by atoms with Gasteiger partial charge in [-0.1, -0.05) is 23.7 Å². The topological polar surface area (TPSA) is 82.2 Å². The number of hydrogen-bond donors (Lipinski definition) is 1. The van der Waals surface area contributed by atoms with E-state index in [4.69, 9.17) is 20.8 Å². The Labute approximate surface area is 200 Å². The third kappa shape index (κ3) is 4.13. The van der Waals surface area contributed by atoms with E-state index in [0.29, 0.717) is 22.0 Å². The molecular formula is C26H21ClN4O3. The molecule has 0 radical (unpaired) electrons. The van der Waals surface area contributed by atoms with Gasteiger partial charge in [-0.05, 0) is 79.6 Å². The van der Waals surface area contributed by atoms with Gasteiger partial charge in [-0.2, -0.15) is 4.80 Å². The van der Waals surface area contributed by atoms with Crippen LogP contribution in [0.2, 0.25) is 5.02 Å². The number of aryl methyl sites for hydroxylation is 2. The fraction of sp³-hybridized carbons (Fsp3) is 0.115. The Morgan fingerprint density at radius 2 is 1.68 bits per heavy atom. The lowest BCUT2D eigenvalue weighted by Crippen LogP contribution is -2.11. The van der Waals surface area contributed by atoms with Crippen LogP contribution in [0, 0.1) is 13.8 Å². The molecule has 0 aliphatic carbocycles. The molecule has 34 heavy (non-hydrogen) atoms. The predicted octanol–water partition coefficient (Wildman–Crippen LogP) is 6.21. The zero-order valence-corrected chi connectivity index (χ0v) is 19.6. The highest BCUT2D eigenvalue weighted by Gasteiger charge is 2.16. The molecule has 5 rings (SSSR count). The third-order valence-electron chi connectivity index (χ3n) is 5.56. The van der Waals surface area contributed by atoms with Crippen LogP contribution in [-0.4, -0.2) is 28.0 Å². The average molecular weight is 473 g/mol. The number of fused-ring (bicyclic) bond motifs is 1. The summed E-state index contributed by atoms with van der Waals surface area (Å²) in [6.07, 6.45) is 0. The number of carbonyl (C=O) groups is 1. The minimum Gasteiger partial charge on any atom is -0.497 e. The number of halogens is 1. The van der Waals surface area contributed by atoms with Crippen molar-refractivity contribution < 1.29 is 13.9 Å². The second-order valence-corrected chi connectivity index (χ2v) is 8.33. The van der Waals surface area contributed by atoms with Gasteiger partial charge in [0.15, 0.2) is 5.76 Å². The summed E-state index contributed by atoms with van der Waals surface area (Å²) in [4.78, 5) is 14.4. The largest absolute Gasteiger partial charge is 0.497 e. The summed E-state index contributed by atoms with van der Waals surface area (Å²) in [5.41, 5.74) is 5.47. The summed E-state index contributed by atoms with van der Waals surface area (Å²) in [5.74, 6) is 1.18. The van der Waals surface area contributed by atoms with Gasteiger partial charge in [-0.25, -0.2) is 0 Å². The summed E-state index contributed by atoms with van der Waals surface area (Å²) in [6, 6.07) is 20.2. The Balaban J connectivity index is 1.39. The van der Waals surface area contributed by atoms with Crippen molar-refractivity contribution in [1.29, 1.82) is 0 Å². The second-order valence-electron chi connectivity index (χ2n) is 7.93. The van der Waals surface area contributed by atoms with Gasteiger partial charge in [-0.15, -0.1) is 10.2 Å². The van der Waals surface area contributed by atoms with Gasteiger partial charge in [0.05, 0.1) is 12.8 Å². The summed E-state index contributed by atoms with van der Waals surface area (Å²) in [6.45, 7) is 3.84. The third-order valence-corrected chi connectivity index (χ3v) is 5.97. The van der Waals surface area contributed by atoms with Crippen LogP contribution in [0.25, 0.3) is 28.0 Å². The zero-order valence-electron chi connectivity index (χ0n) is 18.8. The van der Waals surface area contributed by atoms with Crippen molar-refractivity contribution in [1.82, 2.24) is 15.0 Å². The van der Waals surface area contributed by atoms with Gasteiger partial charge >= 0.3 is 0 Å². The lowest BCUT2D eigenvalue weighted by atomic mass is 10.1. The van der Waals surface area contributed by atoms with Crippen LogP contribution in [0.3, 0.4) is 0 Å². The second kappa shape index (κ2) is 8.68. The van der Waals surface area contributed by atoms with Crippen molar-refractivity contribution in [3.05, 3.63) is 88.6 Å². The molecular weight excluding hydrogens is 452 g/mol. The number of furan rings is 1. The van der Waals surface area contributed by atoms with Crippen molar-refractivity contribution in [2.75, 3.05) is 12.4 Å². The number of rotatable bonds is 5. The summed E-state index contributed by atoms with van der Waals surface area (Å²) >= 11 is 6.22. The summed E-state index contributed by atoms with van der Waals surface area (Å²) < 4.78 is 11.0. The van der Waals surface area contributed by atoms with Crippen LogP contribution in [0.15, 0.2) is 71.1 Å². The first-order valence-electron chi connectivity index (χ1n) is 10.6. The molecule has 1 N–H and O–H groups in total. The molecule has 170 valence electrons. The van der Waals surface area contributed by atoms with Crippen LogP contribution in [0.5, 0.6) is 5.75 Å². The Hall–Kier alpha value is -4.10. The van der Waals surface area contributed by atoms with E-state index in [9.17, 15) is 4.79 Å². The Morgan fingerprint density at radius 3 is 2.38 bits per heavy atom. The van der Waals surface area contributed by atoms with E-state index in [0.717, 1.165) is 33.6 Å². The average Bonchev–Trinajstić information content (AvgIpc) is 3.49. The van der Waals surface area contributed by atoms with E-state index in [2.05, 4.69) is 15.5 Å². The van der Waals surface area contributed by atoms with Crippen LogP contribution < -0.4 is 10.1 Å². The Bertz CT molecular complexity index is 1520. The maximum atomic E-state index is 12.9. The number of methoxy groups -OCH3 is 1. The smallest absolute Gasteiger partial charge is 0.291 e. The molecule has 0 saturated carbocycles. The van der Waals surface area contributed by atoms with Crippen LogP contribution in [-0.2, 0) is 0 Å². The number of benzene rings is 3. The maximum absolute atomic E-state index is 12.9. The highest BCUT2D eigenvalue weighted by molar-refractivity contribution is 6.31. The number of nitrogens with zero attached hydrogens (tertiary/aromatic N) is 3. The van der Waals surface area contributed by atoms with E-state index in [-0.39, 0.29) is 11.7 Å². The first-order chi connectivity index (χ1) is 16.4. The van der Waals surface area contributed by atoms with E-state index < -0.39 is 0 Å². The molecule has 8 heteroatoms. The lowest BCUT2D eigenvalue weighted by molar-refractivity contribution is 0.0997. The maximum Gasteiger partial charge on any atom is 0.291 e. The number of ether oxygens (including phenoxy) is 1. The monoisotopic (exact) mass is 472 g/mol. The van der Waals surface area contributed by atoms with Crippen molar-refractivity contribution in [3.63, 3.8) is 0 Å². The molecule has 1 amide bonds. The first-order valence-corrected chi connectivity index (χ1v) is 11.0. The highest BCUT2D eigenvalue weighted by Crippen LogP contribution is 2.28. The van der Waals surface area contributed by atoms with E-state index in [1.807, 2.05) is 62.4 Å². The lowest BCUT2D eigenvalue weighted by Gasteiger charge is -2.06. The number of carbonyl (C=O) groups excluding carboxylic acids is 1. The Morgan fingerprint density at radius 1 is 0.941 bits per heavy atom. The van der Waals surface area contributed by atoms with Gasteiger partial charge < -0.3 is 14.5 Å². The van der Waals surface area contributed by atoms with E-state index >= 15 is 0 Å². The van der Waals surface area contributed by atoms with Crippen molar-refractivity contribution >= 4 is 34.2 Å². The van der Waals surface area contributed by atoms with Gasteiger partial charge in [0.1, 0.15) is 22.5 Å². The van der Waals surface area contributed by atoms with Crippen LogP contribution in [0.1, 0.15) is 21.7 Å². The van der Waals surface area contributed by atoms with Gasteiger partial charge in [0.2, 0.25) is 0 Å². The minimum atomic E-state index is -0.352. The number of aromatic nitrogens is 3. The van der Waals surface area contributed by atoms with E-state index in [1.54, 1.807) is 30.1 Å². The van der Waals surface area contributed by atoms with Crippen molar-refractivity contribution in [2.45, 2.75) is 13.8 Å². The number of nitrogens with one attached hydrogen (secondary N) is 1. The van der Waals surface area contributed by atoms with Crippen molar-refractivity contribution in [3.8, 4) is 22.8 Å². The summed E-state index contributed by atoms with van der Waals surface area (Å²) in [7, 11) is 1.62. The molecule has 0 unspecified atom stereocenters. The fourth-order valence-corrected chi connectivity index (χ4v) is 3.76. The molecule has 0 bridgehead atoms. The zero-order chi connectivity index (χ0) is 23.8.